The fourth-order valence-corrected chi connectivity index (χ4v) is 3.44. The van der Waals surface area contributed by atoms with Crippen LogP contribution in [0.2, 0.25) is 0 Å². The maximum absolute atomic E-state index is 11.8. The first-order valence-electron chi connectivity index (χ1n) is 10.4. The number of esters is 1. The number of carbonyl (C=O) groups excluding carboxylic acids is 1. The van der Waals surface area contributed by atoms with Crippen molar-refractivity contribution in [3.63, 3.8) is 0 Å². The molecular formula is C24H34O4. The molecule has 0 amide bonds. The Morgan fingerprint density at radius 2 is 2.18 bits per heavy atom. The van der Waals surface area contributed by atoms with E-state index in [0.29, 0.717) is 13.0 Å². The SMILES string of the molecule is C=C(CO)C1C/C=C(\C)Cc2cc(co2)CC/C=C(/COC(=O)CCC)CC1. The van der Waals surface area contributed by atoms with Gasteiger partial charge in [-0.2, -0.15) is 0 Å². The Morgan fingerprint density at radius 1 is 1.36 bits per heavy atom. The average molecular weight is 387 g/mol. The molecule has 2 rings (SSSR count). The van der Waals surface area contributed by atoms with Crippen LogP contribution in [0.1, 0.15) is 63.7 Å². The summed E-state index contributed by atoms with van der Waals surface area (Å²) in [5, 5.41) is 9.57. The quantitative estimate of drug-likeness (QED) is 0.531. The Morgan fingerprint density at radius 3 is 2.93 bits per heavy atom. The molecule has 4 nitrogen and oxygen atoms in total. The topological polar surface area (TPSA) is 59.7 Å². The molecule has 1 atom stereocenters. The number of rotatable bonds is 6. The maximum atomic E-state index is 11.8. The van der Waals surface area contributed by atoms with Crippen LogP contribution in [0.25, 0.3) is 0 Å². The lowest BCUT2D eigenvalue weighted by molar-refractivity contribution is -0.142. The van der Waals surface area contributed by atoms with Crippen molar-refractivity contribution in [2.75, 3.05) is 13.2 Å². The molecule has 4 heteroatoms. The number of aryl methyl sites for hydroxylation is 1. The van der Waals surface area contributed by atoms with Gasteiger partial charge in [-0.1, -0.05) is 31.2 Å². The fourth-order valence-electron chi connectivity index (χ4n) is 3.44. The van der Waals surface area contributed by atoms with Crippen molar-refractivity contribution < 1.29 is 19.1 Å². The molecule has 1 N–H and O–H groups in total. The van der Waals surface area contributed by atoms with Crippen molar-refractivity contribution in [2.45, 2.75) is 65.2 Å². The minimum absolute atomic E-state index is 0.00360. The number of ether oxygens (including phenoxy) is 1. The first-order chi connectivity index (χ1) is 13.5. The zero-order valence-corrected chi connectivity index (χ0v) is 17.3. The fraction of sp³-hybridized carbons (Fsp3) is 0.542. The van der Waals surface area contributed by atoms with Gasteiger partial charge >= 0.3 is 5.97 Å². The third-order valence-electron chi connectivity index (χ3n) is 5.25. The van der Waals surface area contributed by atoms with Crippen molar-refractivity contribution in [2.24, 2.45) is 5.92 Å². The smallest absolute Gasteiger partial charge is 0.306 e. The van der Waals surface area contributed by atoms with Crippen molar-refractivity contribution in [3.8, 4) is 0 Å². The van der Waals surface area contributed by atoms with Crippen molar-refractivity contribution in [1.82, 2.24) is 0 Å². The molecule has 28 heavy (non-hydrogen) atoms. The van der Waals surface area contributed by atoms with Crippen molar-refractivity contribution >= 4 is 5.97 Å². The summed E-state index contributed by atoms with van der Waals surface area (Å²) in [6, 6.07) is 2.13. The second-order valence-electron chi connectivity index (χ2n) is 7.75. The zero-order valence-electron chi connectivity index (χ0n) is 17.3. The van der Waals surface area contributed by atoms with E-state index in [1.165, 1.54) is 11.1 Å². The summed E-state index contributed by atoms with van der Waals surface area (Å²) in [7, 11) is 0. The molecule has 0 fully saturated rings. The second kappa shape index (κ2) is 11.7. The van der Waals surface area contributed by atoms with Gasteiger partial charge in [0, 0.05) is 12.8 Å². The highest BCUT2D eigenvalue weighted by Gasteiger charge is 2.14. The van der Waals surface area contributed by atoms with E-state index < -0.39 is 0 Å². The molecule has 1 heterocycles. The van der Waals surface area contributed by atoms with Gasteiger partial charge in [0.25, 0.3) is 0 Å². The Kier molecular flexibility index (Phi) is 9.29. The molecule has 1 aliphatic carbocycles. The molecule has 0 saturated heterocycles. The molecule has 0 spiro atoms. The number of hydrogen-bond donors (Lipinski definition) is 1. The molecule has 0 aliphatic heterocycles. The number of hydrogen-bond acceptors (Lipinski definition) is 4. The predicted octanol–water partition coefficient (Wildman–Crippen LogP) is 5.32. The summed E-state index contributed by atoms with van der Waals surface area (Å²) in [5.74, 6) is 1.05. The monoisotopic (exact) mass is 386 g/mol. The second-order valence-corrected chi connectivity index (χ2v) is 7.75. The number of carbonyl (C=O) groups is 1. The van der Waals surface area contributed by atoms with Gasteiger partial charge in [0.2, 0.25) is 0 Å². The van der Waals surface area contributed by atoms with Crippen molar-refractivity contribution in [3.05, 3.63) is 59.1 Å². The van der Waals surface area contributed by atoms with Crippen LogP contribution >= 0.6 is 0 Å². The number of aliphatic hydroxyl groups is 1. The highest BCUT2D eigenvalue weighted by atomic mass is 16.5. The molecule has 1 aromatic heterocycles. The third-order valence-corrected chi connectivity index (χ3v) is 5.25. The van der Waals surface area contributed by atoms with Gasteiger partial charge in [-0.3, -0.25) is 4.79 Å². The molecule has 1 unspecified atom stereocenters. The lowest BCUT2D eigenvalue weighted by Crippen LogP contribution is -2.11. The summed E-state index contributed by atoms with van der Waals surface area (Å²) in [6.07, 6.45) is 12.7. The molecule has 0 aromatic carbocycles. The number of furan rings is 1. The molecule has 1 aromatic rings. The molecule has 2 bridgehead atoms. The summed E-state index contributed by atoms with van der Waals surface area (Å²) in [4.78, 5) is 11.8. The van der Waals surface area contributed by atoms with Gasteiger partial charge in [0.15, 0.2) is 0 Å². The summed E-state index contributed by atoms with van der Waals surface area (Å²) in [6.45, 7) is 8.50. The predicted molar refractivity (Wildman–Crippen MR) is 112 cm³/mol. The largest absolute Gasteiger partial charge is 0.469 e. The molecular weight excluding hydrogens is 352 g/mol. The molecule has 154 valence electrons. The third kappa shape index (κ3) is 7.51. The maximum Gasteiger partial charge on any atom is 0.306 e. The van der Waals surface area contributed by atoms with E-state index in [-0.39, 0.29) is 18.5 Å². The first-order valence-corrected chi connectivity index (χ1v) is 10.4. The normalized spacial score (nSPS) is 22.3. The minimum Gasteiger partial charge on any atom is -0.469 e. The number of aliphatic hydroxyl groups excluding tert-OH is 1. The minimum atomic E-state index is -0.142. The standard InChI is InChI=1S/C24H34O4/c1-4-6-24(26)28-16-20-7-5-8-21-14-23(27-17-21)13-18(2)9-11-22(12-10-20)19(3)15-25/h7,9,14,17,22,25H,3-6,8,10-13,15-16H2,1-2H3/b18-9+,20-7+. The van der Waals surface area contributed by atoms with Crippen LogP contribution in [0.15, 0.2) is 52.2 Å². The van der Waals surface area contributed by atoms with E-state index in [0.717, 1.165) is 61.9 Å². The van der Waals surface area contributed by atoms with Crippen LogP contribution < -0.4 is 0 Å². The van der Waals surface area contributed by atoms with Crippen LogP contribution in [-0.4, -0.2) is 24.3 Å². The molecule has 0 radical (unpaired) electrons. The average Bonchev–Trinajstić information content (AvgIpc) is 3.11. The van der Waals surface area contributed by atoms with Crippen LogP contribution in [-0.2, 0) is 22.4 Å². The van der Waals surface area contributed by atoms with Gasteiger partial charge in [0.05, 0.1) is 12.9 Å². The molecule has 1 aliphatic rings. The van der Waals surface area contributed by atoms with Gasteiger partial charge in [-0.05, 0) is 74.1 Å². The van der Waals surface area contributed by atoms with Gasteiger partial charge in [-0.25, -0.2) is 0 Å². The Hall–Kier alpha value is -2.07. The lowest BCUT2D eigenvalue weighted by Gasteiger charge is -2.18. The summed E-state index contributed by atoms with van der Waals surface area (Å²) >= 11 is 0. The van der Waals surface area contributed by atoms with Crippen LogP contribution in [0.4, 0.5) is 0 Å². The van der Waals surface area contributed by atoms with Crippen LogP contribution in [0.3, 0.4) is 0 Å². The zero-order chi connectivity index (χ0) is 20.4. The van der Waals surface area contributed by atoms with E-state index in [9.17, 15) is 9.90 Å². The number of fused-ring (bicyclic) bond motifs is 2. The van der Waals surface area contributed by atoms with E-state index in [4.69, 9.17) is 9.15 Å². The van der Waals surface area contributed by atoms with Crippen LogP contribution in [0, 0.1) is 5.92 Å². The number of allylic oxidation sites excluding steroid dienone is 3. The van der Waals surface area contributed by atoms with Gasteiger partial charge < -0.3 is 14.3 Å². The summed E-state index contributed by atoms with van der Waals surface area (Å²) in [5.41, 5.74) is 4.46. The van der Waals surface area contributed by atoms with E-state index in [1.54, 1.807) is 0 Å². The van der Waals surface area contributed by atoms with Crippen molar-refractivity contribution in [1.29, 1.82) is 0 Å². The van der Waals surface area contributed by atoms with Gasteiger partial charge in [0.1, 0.15) is 12.4 Å². The van der Waals surface area contributed by atoms with E-state index >= 15 is 0 Å². The van der Waals surface area contributed by atoms with E-state index in [2.05, 4.69) is 31.7 Å². The highest BCUT2D eigenvalue weighted by molar-refractivity contribution is 5.69. The Balaban J connectivity index is 2.15. The lowest BCUT2D eigenvalue weighted by atomic mass is 9.89. The first kappa shape index (κ1) is 22.2. The van der Waals surface area contributed by atoms with Crippen LogP contribution in [0.5, 0.6) is 0 Å². The Bertz CT molecular complexity index is 708. The Labute approximate surface area is 169 Å². The summed E-state index contributed by atoms with van der Waals surface area (Å²) < 4.78 is 11.2. The van der Waals surface area contributed by atoms with E-state index in [1.807, 2.05) is 13.2 Å². The highest BCUT2D eigenvalue weighted by Crippen LogP contribution is 2.25. The van der Waals surface area contributed by atoms with Gasteiger partial charge in [-0.15, -0.1) is 0 Å². The molecule has 0 saturated carbocycles.